The van der Waals surface area contributed by atoms with Crippen LogP contribution in [0.5, 0.6) is 0 Å². The van der Waals surface area contributed by atoms with Gasteiger partial charge in [-0.2, -0.15) is 0 Å². The van der Waals surface area contributed by atoms with Gasteiger partial charge in [0.25, 0.3) is 0 Å². The van der Waals surface area contributed by atoms with E-state index in [0.717, 1.165) is 12.0 Å². The second-order valence-corrected chi connectivity index (χ2v) is 5.55. The summed E-state index contributed by atoms with van der Waals surface area (Å²) in [7, 11) is 0. The zero-order valence-electron chi connectivity index (χ0n) is 10.5. The van der Waals surface area contributed by atoms with Crippen LogP contribution in [0.25, 0.3) is 0 Å². The summed E-state index contributed by atoms with van der Waals surface area (Å²) in [4.78, 5) is 25.8. The summed E-state index contributed by atoms with van der Waals surface area (Å²) in [6, 6.07) is 0.240. The fraction of sp³-hybridized carbons (Fsp3) is 0.500. The van der Waals surface area contributed by atoms with E-state index in [-0.39, 0.29) is 0 Å². The molecule has 104 valence electrons. The molecule has 1 aromatic rings. The Bertz CT molecular complexity index is 486. The van der Waals surface area contributed by atoms with E-state index in [2.05, 4.69) is 5.32 Å². The van der Waals surface area contributed by atoms with Gasteiger partial charge >= 0.3 is 12.0 Å². The number of carbonyl (C=O) groups is 2. The summed E-state index contributed by atoms with van der Waals surface area (Å²) < 4.78 is 0. The number of thiophene rings is 1. The number of aliphatic hydroxyl groups is 1. The third-order valence-corrected chi connectivity index (χ3v) is 4.15. The normalized spacial score (nSPS) is 17.5. The Kier molecular flexibility index (Phi) is 4.06. The van der Waals surface area contributed by atoms with Crippen LogP contribution in [0.15, 0.2) is 11.4 Å². The molecule has 0 radical (unpaired) electrons. The maximum absolute atomic E-state index is 12.0. The van der Waals surface area contributed by atoms with Crippen LogP contribution >= 0.6 is 11.3 Å². The molecule has 0 aromatic carbocycles. The van der Waals surface area contributed by atoms with Crippen molar-refractivity contribution in [3.05, 3.63) is 21.9 Å². The van der Waals surface area contributed by atoms with Crippen molar-refractivity contribution in [3.63, 3.8) is 0 Å². The van der Waals surface area contributed by atoms with Crippen LogP contribution in [0.2, 0.25) is 0 Å². The summed E-state index contributed by atoms with van der Waals surface area (Å²) in [5.41, 5.74) is 1.11. The van der Waals surface area contributed by atoms with Gasteiger partial charge < -0.3 is 20.4 Å². The predicted octanol–water partition coefficient (Wildman–Crippen LogP) is 0.650. The molecule has 19 heavy (non-hydrogen) atoms. The Morgan fingerprint density at radius 3 is 2.89 bits per heavy atom. The third kappa shape index (κ3) is 3.05. The molecule has 7 heteroatoms. The Morgan fingerprint density at radius 1 is 1.53 bits per heavy atom. The van der Waals surface area contributed by atoms with Crippen LogP contribution in [0.4, 0.5) is 4.79 Å². The number of nitrogens with zero attached hydrogens (tertiary/aromatic N) is 1. The number of aliphatic carboxylic acids is 1. The van der Waals surface area contributed by atoms with Crippen LogP contribution < -0.4 is 5.32 Å². The van der Waals surface area contributed by atoms with Gasteiger partial charge in [-0.15, -0.1) is 11.3 Å². The van der Waals surface area contributed by atoms with Crippen molar-refractivity contribution in [3.8, 4) is 0 Å². The Labute approximate surface area is 114 Å². The minimum Gasteiger partial charge on any atom is -0.480 e. The summed E-state index contributed by atoms with van der Waals surface area (Å²) >= 11 is 1.67. The lowest BCUT2D eigenvalue weighted by atomic mass is 10.1. The average molecular weight is 284 g/mol. The smallest absolute Gasteiger partial charge is 0.328 e. The number of carboxylic acids is 1. The van der Waals surface area contributed by atoms with Gasteiger partial charge in [0, 0.05) is 18.0 Å². The molecule has 0 bridgehead atoms. The van der Waals surface area contributed by atoms with E-state index < -0.39 is 24.1 Å². The highest BCUT2D eigenvalue weighted by atomic mass is 32.1. The van der Waals surface area contributed by atoms with E-state index in [4.69, 9.17) is 5.11 Å². The van der Waals surface area contributed by atoms with Crippen LogP contribution in [-0.2, 0) is 17.8 Å². The van der Waals surface area contributed by atoms with Crippen LogP contribution in [0, 0.1) is 0 Å². The number of rotatable bonds is 3. The van der Waals surface area contributed by atoms with Gasteiger partial charge in [-0.05, 0) is 30.4 Å². The number of carbonyl (C=O) groups excluding carboxylic acids is 1. The molecule has 2 heterocycles. The topological polar surface area (TPSA) is 89.9 Å². The van der Waals surface area contributed by atoms with Gasteiger partial charge in [-0.1, -0.05) is 0 Å². The molecule has 1 aliphatic heterocycles. The summed E-state index contributed by atoms with van der Waals surface area (Å²) in [5.74, 6) is -1.24. The molecule has 0 saturated carbocycles. The zero-order chi connectivity index (χ0) is 14.0. The van der Waals surface area contributed by atoms with Crippen molar-refractivity contribution >= 4 is 23.3 Å². The quantitative estimate of drug-likeness (QED) is 0.760. The molecule has 2 amide bonds. The van der Waals surface area contributed by atoms with Gasteiger partial charge in [0.1, 0.15) is 0 Å². The molecule has 2 rings (SSSR count). The molecule has 1 aromatic heterocycles. The lowest BCUT2D eigenvalue weighted by Gasteiger charge is -2.29. The lowest BCUT2D eigenvalue weighted by molar-refractivity contribution is -0.141. The van der Waals surface area contributed by atoms with Crippen LogP contribution in [0.1, 0.15) is 17.4 Å². The van der Waals surface area contributed by atoms with E-state index in [1.165, 1.54) is 11.8 Å². The number of carboxylic acid groups (broad SMARTS) is 1. The molecule has 0 spiro atoms. The zero-order valence-corrected chi connectivity index (χ0v) is 11.3. The Balaban J connectivity index is 2.00. The molecular weight excluding hydrogens is 268 g/mol. The van der Waals surface area contributed by atoms with Gasteiger partial charge in [0.05, 0.1) is 6.10 Å². The minimum atomic E-state index is -1.28. The molecule has 1 aliphatic rings. The van der Waals surface area contributed by atoms with E-state index in [1.54, 1.807) is 16.2 Å². The molecule has 3 N–H and O–H groups in total. The number of hydrogen-bond donors (Lipinski definition) is 3. The fourth-order valence-electron chi connectivity index (χ4n) is 2.03. The third-order valence-electron chi connectivity index (χ3n) is 3.12. The Hall–Kier alpha value is -1.60. The van der Waals surface area contributed by atoms with Gasteiger partial charge in [0.2, 0.25) is 0 Å². The molecule has 2 atom stereocenters. The van der Waals surface area contributed by atoms with E-state index in [1.807, 2.05) is 11.4 Å². The number of urea groups is 1. The van der Waals surface area contributed by atoms with Gasteiger partial charge in [-0.25, -0.2) is 9.59 Å². The van der Waals surface area contributed by atoms with Crippen molar-refractivity contribution in [1.82, 2.24) is 10.2 Å². The first-order valence-electron chi connectivity index (χ1n) is 6.00. The molecule has 0 fully saturated rings. The van der Waals surface area contributed by atoms with Gasteiger partial charge in [-0.3, -0.25) is 0 Å². The number of aliphatic hydroxyl groups excluding tert-OH is 1. The first kappa shape index (κ1) is 13.8. The molecular formula is C12H16N2O4S. The lowest BCUT2D eigenvalue weighted by Crippen LogP contribution is -2.53. The summed E-state index contributed by atoms with van der Waals surface area (Å²) in [5, 5.41) is 22.6. The van der Waals surface area contributed by atoms with E-state index in [9.17, 15) is 14.7 Å². The second-order valence-electron chi connectivity index (χ2n) is 4.55. The van der Waals surface area contributed by atoms with Crippen molar-refractivity contribution in [1.29, 1.82) is 0 Å². The highest BCUT2D eigenvalue weighted by Crippen LogP contribution is 2.23. The first-order chi connectivity index (χ1) is 8.99. The van der Waals surface area contributed by atoms with Crippen molar-refractivity contribution in [2.24, 2.45) is 0 Å². The second kappa shape index (κ2) is 5.58. The fourth-order valence-corrected chi connectivity index (χ4v) is 2.92. The maximum atomic E-state index is 12.0. The maximum Gasteiger partial charge on any atom is 0.328 e. The molecule has 0 aliphatic carbocycles. The number of amides is 2. The van der Waals surface area contributed by atoms with Crippen LogP contribution in [0.3, 0.4) is 0 Å². The SMILES string of the molecule is CC(O)C(NC(=O)N1CCc2sccc2C1)C(=O)O. The summed E-state index contributed by atoms with van der Waals surface area (Å²) in [6.07, 6.45) is -0.352. The Morgan fingerprint density at radius 2 is 2.26 bits per heavy atom. The van der Waals surface area contributed by atoms with Crippen molar-refractivity contribution in [2.45, 2.75) is 32.0 Å². The summed E-state index contributed by atoms with van der Waals surface area (Å²) in [6.45, 7) is 2.38. The molecule has 6 nitrogen and oxygen atoms in total. The number of nitrogens with one attached hydrogen (secondary N) is 1. The largest absolute Gasteiger partial charge is 0.480 e. The highest BCUT2D eigenvalue weighted by Gasteiger charge is 2.28. The predicted molar refractivity (Wildman–Crippen MR) is 70.1 cm³/mol. The standard InChI is InChI=1S/C12H16N2O4S/c1-7(15)10(11(16)17)13-12(18)14-4-2-9-8(6-14)3-5-19-9/h3,5,7,10,15H,2,4,6H2,1H3,(H,13,18)(H,16,17). The number of hydrogen-bond acceptors (Lipinski definition) is 4. The highest BCUT2D eigenvalue weighted by molar-refractivity contribution is 7.10. The minimum absolute atomic E-state index is 0.454. The van der Waals surface area contributed by atoms with E-state index >= 15 is 0 Å². The van der Waals surface area contributed by atoms with E-state index in [0.29, 0.717) is 13.1 Å². The van der Waals surface area contributed by atoms with Gasteiger partial charge in [0.15, 0.2) is 6.04 Å². The van der Waals surface area contributed by atoms with Crippen molar-refractivity contribution in [2.75, 3.05) is 6.54 Å². The molecule has 2 unspecified atom stereocenters. The first-order valence-corrected chi connectivity index (χ1v) is 6.88. The monoisotopic (exact) mass is 284 g/mol. The average Bonchev–Trinajstić information content (AvgIpc) is 2.81. The van der Waals surface area contributed by atoms with Crippen LogP contribution in [-0.4, -0.2) is 45.8 Å². The van der Waals surface area contributed by atoms with Crippen molar-refractivity contribution < 1.29 is 19.8 Å². The number of fused-ring (bicyclic) bond motifs is 1. The molecule has 0 saturated heterocycles.